The summed E-state index contributed by atoms with van der Waals surface area (Å²) in [7, 11) is 3.35. The molecule has 1 saturated heterocycles. The van der Waals surface area contributed by atoms with E-state index in [9.17, 15) is 4.79 Å². The van der Waals surface area contributed by atoms with Crippen molar-refractivity contribution in [1.82, 2.24) is 9.38 Å². The van der Waals surface area contributed by atoms with Crippen LogP contribution >= 0.6 is 11.3 Å². The first kappa shape index (κ1) is 17.1. The first-order chi connectivity index (χ1) is 12.7. The van der Waals surface area contributed by atoms with Crippen LogP contribution in [0.15, 0.2) is 40.6 Å². The molecule has 3 aromatic rings. The Kier molecular flexibility index (Phi) is 4.65. The fraction of sp³-hybridized carbons (Fsp3) is 0.368. The molecule has 0 amide bonds. The van der Waals surface area contributed by atoms with Gasteiger partial charge in [0.2, 0.25) is 0 Å². The van der Waals surface area contributed by atoms with E-state index >= 15 is 0 Å². The number of thiazole rings is 1. The second-order valence-corrected chi connectivity index (χ2v) is 7.40. The molecule has 1 fully saturated rings. The summed E-state index contributed by atoms with van der Waals surface area (Å²) in [4.78, 5) is 19.1. The van der Waals surface area contributed by atoms with Crippen LogP contribution in [0.1, 0.15) is 30.1 Å². The fourth-order valence-electron chi connectivity index (χ4n) is 3.82. The van der Waals surface area contributed by atoms with Crippen LogP contribution in [0.3, 0.4) is 0 Å². The van der Waals surface area contributed by atoms with Crippen molar-refractivity contribution in [2.75, 3.05) is 20.8 Å². The lowest BCUT2D eigenvalue weighted by Gasteiger charge is -2.23. The zero-order valence-corrected chi connectivity index (χ0v) is 15.7. The second kappa shape index (κ2) is 7.09. The van der Waals surface area contributed by atoms with Crippen LogP contribution in [-0.2, 0) is 6.54 Å². The number of hydrogen-bond donors (Lipinski definition) is 1. The van der Waals surface area contributed by atoms with Gasteiger partial charge in [0.1, 0.15) is 29.8 Å². The number of methoxy groups -OCH3 is 2. The Hall–Kier alpha value is -2.38. The van der Waals surface area contributed by atoms with E-state index in [0.717, 1.165) is 48.1 Å². The highest BCUT2D eigenvalue weighted by Gasteiger charge is 2.32. The predicted octanol–water partition coefficient (Wildman–Crippen LogP) is 1.69. The minimum absolute atomic E-state index is 0.0107. The van der Waals surface area contributed by atoms with Crippen LogP contribution < -0.4 is 19.9 Å². The molecule has 26 heavy (non-hydrogen) atoms. The first-order valence-electron chi connectivity index (χ1n) is 8.72. The molecule has 0 radical (unpaired) electrons. The first-order valence-corrected chi connectivity index (χ1v) is 9.60. The average Bonchev–Trinajstić information content (AvgIpc) is 3.30. The van der Waals surface area contributed by atoms with Gasteiger partial charge in [0.15, 0.2) is 4.96 Å². The lowest BCUT2D eigenvalue weighted by atomic mass is 10.0. The molecule has 0 bridgehead atoms. The van der Waals surface area contributed by atoms with Gasteiger partial charge >= 0.3 is 0 Å². The van der Waals surface area contributed by atoms with Gasteiger partial charge in [-0.2, -0.15) is 0 Å². The van der Waals surface area contributed by atoms with Crippen LogP contribution in [0.25, 0.3) is 4.96 Å². The molecule has 1 aliphatic rings. The number of hydrogen-bond acceptors (Lipinski definition) is 5. The van der Waals surface area contributed by atoms with Gasteiger partial charge in [0.05, 0.1) is 26.3 Å². The Bertz CT molecular complexity index is 982. The molecule has 1 aromatic carbocycles. The molecule has 3 heterocycles. The van der Waals surface area contributed by atoms with Crippen molar-refractivity contribution in [3.05, 3.63) is 57.5 Å². The molecular weight excluding hydrogens is 350 g/mol. The maximum atomic E-state index is 12.2. The summed E-state index contributed by atoms with van der Waals surface area (Å²) in [6, 6.07) is 8.01. The summed E-state index contributed by atoms with van der Waals surface area (Å²) >= 11 is 1.49. The number of ether oxygens (including phenoxy) is 2. The van der Waals surface area contributed by atoms with Gasteiger partial charge in [0.25, 0.3) is 5.56 Å². The molecule has 6 nitrogen and oxygen atoms in total. The number of rotatable bonds is 5. The highest BCUT2D eigenvalue weighted by molar-refractivity contribution is 7.15. The highest BCUT2D eigenvalue weighted by atomic mass is 32.1. The van der Waals surface area contributed by atoms with Gasteiger partial charge in [-0.15, -0.1) is 11.3 Å². The summed E-state index contributed by atoms with van der Waals surface area (Å²) in [6.07, 6.45) is 4.01. The molecule has 7 heteroatoms. The third-order valence-corrected chi connectivity index (χ3v) is 5.82. The maximum absolute atomic E-state index is 12.2. The topological polar surface area (TPSA) is 57.3 Å². The molecule has 0 saturated carbocycles. The quantitative estimate of drug-likeness (QED) is 0.741. The molecule has 1 N–H and O–H groups in total. The monoisotopic (exact) mass is 372 g/mol. The summed E-state index contributed by atoms with van der Waals surface area (Å²) in [5, 5.41) is 1.89. The van der Waals surface area contributed by atoms with Crippen LogP contribution in [0, 0.1) is 0 Å². The third kappa shape index (κ3) is 3.08. The molecule has 0 spiro atoms. The molecule has 0 aliphatic carbocycles. The highest BCUT2D eigenvalue weighted by Crippen LogP contribution is 2.31. The molecular formula is C19H22N3O3S+. The van der Waals surface area contributed by atoms with Gasteiger partial charge in [0, 0.05) is 36.6 Å². The Morgan fingerprint density at radius 1 is 1.31 bits per heavy atom. The van der Waals surface area contributed by atoms with Crippen LogP contribution in [0.4, 0.5) is 0 Å². The smallest absolute Gasteiger partial charge is 0.258 e. The lowest BCUT2D eigenvalue weighted by molar-refractivity contribution is -0.932. The van der Waals surface area contributed by atoms with E-state index < -0.39 is 0 Å². The van der Waals surface area contributed by atoms with Crippen LogP contribution in [0.2, 0.25) is 0 Å². The molecule has 2 aromatic heterocycles. The van der Waals surface area contributed by atoms with Crippen LogP contribution in [0.5, 0.6) is 11.5 Å². The van der Waals surface area contributed by atoms with E-state index in [1.165, 1.54) is 21.8 Å². The Labute approximate surface area is 155 Å². The molecule has 4 rings (SSSR count). The van der Waals surface area contributed by atoms with Crippen molar-refractivity contribution in [3.63, 3.8) is 0 Å². The van der Waals surface area contributed by atoms with Crippen molar-refractivity contribution in [1.29, 1.82) is 0 Å². The van der Waals surface area contributed by atoms with Gasteiger partial charge in [-0.05, 0) is 12.1 Å². The van der Waals surface area contributed by atoms with Crippen molar-refractivity contribution in [3.8, 4) is 11.5 Å². The molecule has 1 unspecified atom stereocenters. The lowest BCUT2D eigenvalue weighted by Crippen LogP contribution is -3.09. The number of aromatic nitrogens is 2. The van der Waals surface area contributed by atoms with E-state index in [1.54, 1.807) is 30.9 Å². The van der Waals surface area contributed by atoms with E-state index in [1.807, 2.05) is 17.5 Å². The van der Waals surface area contributed by atoms with Crippen molar-refractivity contribution >= 4 is 16.3 Å². The Morgan fingerprint density at radius 2 is 2.19 bits per heavy atom. The van der Waals surface area contributed by atoms with E-state index in [-0.39, 0.29) is 5.56 Å². The number of nitrogens with one attached hydrogen (secondary N) is 1. The average molecular weight is 372 g/mol. The summed E-state index contributed by atoms with van der Waals surface area (Å²) in [5.41, 5.74) is 2.03. The van der Waals surface area contributed by atoms with Gasteiger partial charge in [-0.25, -0.2) is 4.98 Å². The third-order valence-electron chi connectivity index (χ3n) is 5.06. The summed E-state index contributed by atoms with van der Waals surface area (Å²) < 4.78 is 12.5. The van der Waals surface area contributed by atoms with Crippen molar-refractivity contribution in [2.24, 2.45) is 0 Å². The van der Waals surface area contributed by atoms with Crippen LogP contribution in [-0.4, -0.2) is 30.1 Å². The largest absolute Gasteiger partial charge is 0.497 e. The summed E-state index contributed by atoms with van der Waals surface area (Å²) in [6.45, 7) is 1.80. The maximum Gasteiger partial charge on any atom is 0.258 e. The van der Waals surface area contributed by atoms with Gasteiger partial charge < -0.3 is 14.4 Å². The van der Waals surface area contributed by atoms with Gasteiger partial charge in [-0.1, -0.05) is 0 Å². The molecule has 136 valence electrons. The second-order valence-electron chi connectivity index (χ2n) is 6.53. The number of likely N-dealkylation sites (tertiary alicyclic amines) is 1. The van der Waals surface area contributed by atoms with E-state index in [2.05, 4.69) is 11.1 Å². The molecule has 1 aliphatic heterocycles. The molecule has 2 atom stereocenters. The number of nitrogens with zero attached hydrogens (tertiary/aromatic N) is 2. The minimum atomic E-state index is -0.0107. The normalized spacial score (nSPS) is 19.8. The van der Waals surface area contributed by atoms with Gasteiger partial charge in [-0.3, -0.25) is 9.20 Å². The number of benzene rings is 1. The minimum Gasteiger partial charge on any atom is -0.497 e. The standard InChI is InChI=1S/C19H21N3O3S/c1-24-14-5-6-15(17(11-14)25-2)16-4-3-7-21(16)12-13-10-18(23)22-8-9-26-19(22)20-13/h5-6,8-11,16H,3-4,7,12H2,1-2H3/p+1/t16-/m1/s1. The number of fused-ring (bicyclic) bond motifs is 1. The predicted molar refractivity (Wildman–Crippen MR) is 100 cm³/mol. The number of quaternary nitrogens is 1. The Balaban J connectivity index is 1.63. The van der Waals surface area contributed by atoms with Crippen molar-refractivity contribution in [2.45, 2.75) is 25.4 Å². The Morgan fingerprint density at radius 3 is 3.00 bits per heavy atom. The summed E-state index contributed by atoms with van der Waals surface area (Å²) in [5.74, 6) is 1.65. The zero-order valence-electron chi connectivity index (χ0n) is 14.9. The van der Waals surface area contributed by atoms with E-state index in [0.29, 0.717) is 6.04 Å². The fourth-order valence-corrected chi connectivity index (χ4v) is 4.55. The van der Waals surface area contributed by atoms with E-state index in [4.69, 9.17) is 9.47 Å². The van der Waals surface area contributed by atoms with Crippen molar-refractivity contribution < 1.29 is 14.4 Å². The zero-order chi connectivity index (χ0) is 18.1. The SMILES string of the molecule is COc1ccc([C@H]2CCC[NH+]2Cc2cc(=O)n3ccsc3n2)c(OC)c1.